The third kappa shape index (κ3) is 5.11. The summed E-state index contributed by atoms with van der Waals surface area (Å²) in [4.78, 5) is 28.7. The molecule has 1 saturated heterocycles. The Kier molecular flexibility index (Phi) is 7.06. The van der Waals surface area contributed by atoms with Crippen LogP contribution in [-0.4, -0.2) is 48.1 Å². The first-order valence-corrected chi connectivity index (χ1v) is 11.5. The molecule has 0 radical (unpaired) electrons. The Hall–Kier alpha value is -2.91. The highest BCUT2D eigenvalue weighted by Gasteiger charge is 2.30. The Morgan fingerprint density at radius 2 is 1.47 bits per heavy atom. The fourth-order valence-electron chi connectivity index (χ4n) is 3.98. The summed E-state index contributed by atoms with van der Waals surface area (Å²) in [6.45, 7) is 2.81. The second-order valence-corrected chi connectivity index (χ2v) is 8.82. The number of nitrogens with zero attached hydrogens (tertiary/aromatic N) is 2. The quantitative estimate of drug-likeness (QED) is 0.450. The second kappa shape index (κ2) is 10.1. The van der Waals surface area contributed by atoms with E-state index in [1.807, 2.05) is 83.8 Å². The summed E-state index contributed by atoms with van der Waals surface area (Å²) in [5.41, 5.74) is 3.26. The number of carbonyl (C=O) groups is 2. The largest absolute Gasteiger partial charge is 0.480 e. The minimum Gasteiger partial charge on any atom is -0.480 e. The third-order valence-corrected chi connectivity index (χ3v) is 6.58. The van der Waals surface area contributed by atoms with Crippen LogP contribution in [-0.2, 0) is 4.79 Å². The summed E-state index contributed by atoms with van der Waals surface area (Å²) < 4.78 is 0.909. The molecular formula is C25H24IN3O3. The van der Waals surface area contributed by atoms with Crippen LogP contribution in [0.5, 0.6) is 0 Å². The van der Waals surface area contributed by atoms with Crippen LogP contribution >= 0.6 is 22.6 Å². The zero-order chi connectivity index (χ0) is 22.5. The molecule has 0 aromatic heterocycles. The van der Waals surface area contributed by atoms with Gasteiger partial charge in [-0.15, -0.1) is 0 Å². The molecule has 1 fully saturated rings. The van der Waals surface area contributed by atoms with Crippen LogP contribution in [0.1, 0.15) is 22.0 Å². The van der Waals surface area contributed by atoms with Gasteiger partial charge in [0.05, 0.1) is 5.56 Å². The second-order valence-electron chi connectivity index (χ2n) is 7.66. The number of halogens is 1. The molecule has 4 rings (SSSR count). The summed E-state index contributed by atoms with van der Waals surface area (Å²) >= 11 is 2.16. The smallest absolute Gasteiger partial charge is 0.325 e. The maximum atomic E-state index is 12.5. The Morgan fingerprint density at radius 3 is 2.09 bits per heavy atom. The zero-order valence-corrected chi connectivity index (χ0v) is 19.6. The van der Waals surface area contributed by atoms with E-state index in [0.717, 1.165) is 33.6 Å². The van der Waals surface area contributed by atoms with Crippen LogP contribution < -0.4 is 10.2 Å². The average Bonchev–Trinajstić information content (AvgIpc) is 2.81. The van der Waals surface area contributed by atoms with Gasteiger partial charge in [0.15, 0.2) is 0 Å². The van der Waals surface area contributed by atoms with Crippen LogP contribution in [0.15, 0.2) is 78.9 Å². The van der Waals surface area contributed by atoms with E-state index in [2.05, 4.69) is 32.8 Å². The van der Waals surface area contributed by atoms with Crippen molar-refractivity contribution in [3.05, 3.63) is 93.6 Å². The van der Waals surface area contributed by atoms with Crippen LogP contribution in [0.2, 0.25) is 0 Å². The lowest BCUT2D eigenvalue weighted by Gasteiger charge is -2.39. The first kappa shape index (κ1) is 22.3. The van der Waals surface area contributed by atoms with E-state index in [9.17, 15) is 14.7 Å². The maximum Gasteiger partial charge on any atom is 0.325 e. The van der Waals surface area contributed by atoms with Crippen LogP contribution in [0.25, 0.3) is 0 Å². The molecule has 0 saturated carbocycles. The Labute approximate surface area is 201 Å². The fraction of sp³-hybridized carbons (Fsp3) is 0.200. The van der Waals surface area contributed by atoms with Crippen molar-refractivity contribution in [1.29, 1.82) is 0 Å². The number of aliphatic carboxylic acids is 1. The van der Waals surface area contributed by atoms with Crippen molar-refractivity contribution in [2.45, 2.75) is 6.04 Å². The Balaban J connectivity index is 1.37. The Morgan fingerprint density at radius 1 is 0.844 bits per heavy atom. The number of carboxylic acid groups (broad SMARTS) is 1. The van der Waals surface area contributed by atoms with Crippen molar-refractivity contribution in [2.75, 3.05) is 36.4 Å². The van der Waals surface area contributed by atoms with Gasteiger partial charge in [-0.1, -0.05) is 42.5 Å². The lowest BCUT2D eigenvalue weighted by Crippen LogP contribution is -2.49. The molecule has 1 amide bonds. The monoisotopic (exact) mass is 541 g/mol. The van der Waals surface area contributed by atoms with Gasteiger partial charge in [-0.2, -0.15) is 0 Å². The number of anilines is 2. The predicted molar refractivity (Wildman–Crippen MR) is 134 cm³/mol. The number of piperazine rings is 1. The summed E-state index contributed by atoms with van der Waals surface area (Å²) in [5.74, 6) is -0.949. The van der Waals surface area contributed by atoms with Crippen molar-refractivity contribution in [2.24, 2.45) is 0 Å². The normalized spacial score (nSPS) is 15.2. The first-order valence-electron chi connectivity index (χ1n) is 10.5. The van der Waals surface area contributed by atoms with Gasteiger partial charge < -0.3 is 15.3 Å². The molecule has 1 aliphatic rings. The van der Waals surface area contributed by atoms with E-state index in [1.54, 1.807) is 0 Å². The molecule has 3 aromatic carbocycles. The average molecular weight is 541 g/mol. The molecule has 0 bridgehead atoms. The minimum absolute atomic E-state index is 0.128. The molecule has 2 N–H and O–H groups in total. The molecule has 6 nitrogen and oxygen atoms in total. The van der Waals surface area contributed by atoms with Gasteiger partial charge >= 0.3 is 5.97 Å². The lowest BCUT2D eigenvalue weighted by molar-refractivity contribution is -0.143. The number of amides is 1. The van der Waals surface area contributed by atoms with E-state index in [-0.39, 0.29) is 5.91 Å². The Bertz CT molecular complexity index is 1080. The van der Waals surface area contributed by atoms with Gasteiger partial charge in [0.1, 0.15) is 6.04 Å². The van der Waals surface area contributed by atoms with Crippen LogP contribution in [0.3, 0.4) is 0 Å². The molecule has 7 heteroatoms. The molecule has 3 aromatic rings. The van der Waals surface area contributed by atoms with Crippen molar-refractivity contribution >= 4 is 45.8 Å². The number of hydrogen-bond acceptors (Lipinski definition) is 4. The van der Waals surface area contributed by atoms with Crippen LogP contribution in [0, 0.1) is 3.57 Å². The number of rotatable bonds is 6. The van der Waals surface area contributed by atoms with Gasteiger partial charge in [0, 0.05) is 41.1 Å². The zero-order valence-electron chi connectivity index (χ0n) is 17.4. The van der Waals surface area contributed by atoms with Gasteiger partial charge in [0.2, 0.25) is 0 Å². The molecule has 32 heavy (non-hydrogen) atoms. The number of carboxylic acids is 1. The van der Waals surface area contributed by atoms with E-state index in [1.165, 1.54) is 0 Å². The van der Waals surface area contributed by atoms with E-state index in [0.29, 0.717) is 18.7 Å². The number of nitrogens with one attached hydrogen (secondary N) is 1. The van der Waals surface area contributed by atoms with Crippen molar-refractivity contribution in [1.82, 2.24) is 4.90 Å². The van der Waals surface area contributed by atoms with Crippen LogP contribution in [0.4, 0.5) is 11.4 Å². The summed E-state index contributed by atoms with van der Waals surface area (Å²) in [5, 5.41) is 12.7. The molecule has 0 spiro atoms. The van der Waals surface area contributed by atoms with E-state index in [4.69, 9.17) is 0 Å². The SMILES string of the molecule is O=C(Nc1ccc(N2CCN(C(C(=O)O)c3ccccc3)CC2)cc1)c1ccccc1I. The number of benzene rings is 3. The topological polar surface area (TPSA) is 72.9 Å². The van der Waals surface area contributed by atoms with Gasteiger partial charge in [-0.05, 0) is 64.6 Å². The van der Waals surface area contributed by atoms with Crippen molar-refractivity contribution < 1.29 is 14.7 Å². The highest BCUT2D eigenvalue weighted by molar-refractivity contribution is 14.1. The number of carbonyl (C=O) groups excluding carboxylic acids is 1. The van der Waals surface area contributed by atoms with Gasteiger partial charge in [0.25, 0.3) is 5.91 Å². The summed E-state index contributed by atoms with van der Waals surface area (Å²) in [6.07, 6.45) is 0. The van der Waals surface area contributed by atoms with Gasteiger partial charge in [-0.3, -0.25) is 14.5 Å². The maximum absolute atomic E-state index is 12.5. The van der Waals surface area contributed by atoms with E-state index >= 15 is 0 Å². The molecule has 1 unspecified atom stereocenters. The van der Waals surface area contributed by atoms with Crippen molar-refractivity contribution in [3.63, 3.8) is 0 Å². The predicted octanol–water partition coefficient (Wildman–Crippen LogP) is 4.49. The van der Waals surface area contributed by atoms with Gasteiger partial charge in [-0.25, -0.2) is 0 Å². The summed E-state index contributed by atoms with van der Waals surface area (Å²) in [6, 6.07) is 24.0. The molecule has 1 aliphatic heterocycles. The summed E-state index contributed by atoms with van der Waals surface area (Å²) in [7, 11) is 0. The molecular weight excluding hydrogens is 517 g/mol. The first-order chi connectivity index (χ1) is 15.5. The lowest BCUT2D eigenvalue weighted by atomic mass is 10.0. The van der Waals surface area contributed by atoms with E-state index < -0.39 is 12.0 Å². The third-order valence-electron chi connectivity index (χ3n) is 5.64. The minimum atomic E-state index is -0.821. The van der Waals surface area contributed by atoms with Crippen molar-refractivity contribution in [3.8, 4) is 0 Å². The molecule has 1 atom stereocenters. The fourth-order valence-corrected chi connectivity index (χ4v) is 4.61. The highest BCUT2D eigenvalue weighted by atomic mass is 127. The highest BCUT2D eigenvalue weighted by Crippen LogP contribution is 2.25. The molecule has 164 valence electrons. The molecule has 1 heterocycles. The number of hydrogen-bond donors (Lipinski definition) is 2. The molecule has 0 aliphatic carbocycles. The standard InChI is InChI=1S/C25H24IN3O3/c26-22-9-5-4-8-21(22)24(30)27-19-10-12-20(13-11-19)28-14-16-29(17-15-28)23(25(31)32)18-6-2-1-3-7-18/h1-13,23H,14-17H2,(H,27,30)(H,31,32).